The molecule has 0 saturated carbocycles. The van der Waals surface area contributed by atoms with E-state index in [1.54, 1.807) is 0 Å². The number of rotatable bonds is 1. The lowest BCUT2D eigenvalue weighted by atomic mass is 10.3. The molecule has 0 aromatic heterocycles. The molecule has 0 radical (unpaired) electrons. The second kappa shape index (κ2) is 2.20. The summed E-state index contributed by atoms with van der Waals surface area (Å²) in [6, 6.07) is 0. The highest BCUT2D eigenvalue weighted by Crippen LogP contribution is 1.94. The standard InChI is InChI=1S/C4H6O4/c1-2(3(5)6)4(7)8/h5-6H,1H3,(H,7,8). The van der Waals surface area contributed by atoms with Gasteiger partial charge in [0.05, 0.1) is 0 Å². The van der Waals surface area contributed by atoms with Gasteiger partial charge in [-0.25, -0.2) is 4.79 Å². The molecule has 0 heterocycles. The molecule has 0 fully saturated rings. The van der Waals surface area contributed by atoms with E-state index in [-0.39, 0.29) is 0 Å². The van der Waals surface area contributed by atoms with Gasteiger partial charge < -0.3 is 15.3 Å². The first-order chi connectivity index (χ1) is 3.55. The monoisotopic (exact) mass is 118 g/mol. The Kier molecular flexibility index (Phi) is 1.88. The van der Waals surface area contributed by atoms with Crippen molar-refractivity contribution < 1.29 is 20.1 Å². The lowest BCUT2D eigenvalue weighted by Gasteiger charge is -1.89. The summed E-state index contributed by atoms with van der Waals surface area (Å²) in [5.41, 5.74) is -0.454. The first-order valence-electron chi connectivity index (χ1n) is 1.87. The summed E-state index contributed by atoms with van der Waals surface area (Å²) >= 11 is 0. The summed E-state index contributed by atoms with van der Waals surface area (Å²) in [5.74, 6) is -2.47. The highest BCUT2D eigenvalue weighted by atomic mass is 16.5. The highest BCUT2D eigenvalue weighted by molar-refractivity contribution is 5.85. The molecule has 0 bridgehead atoms. The fraction of sp³-hybridized carbons (Fsp3) is 0.250. The van der Waals surface area contributed by atoms with Crippen molar-refractivity contribution in [2.24, 2.45) is 0 Å². The Hall–Kier alpha value is -1.19. The molecule has 4 heteroatoms. The minimum Gasteiger partial charge on any atom is -0.481 e. The van der Waals surface area contributed by atoms with Crippen LogP contribution in [0.4, 0.5) is 0 Å². The number of aliphatic hydroxyl groups excluding tert-OH is 1. The molecular formula is C4H6O4. The van der Waals surface area contributed by atoms with E-state index in [9.17, 15) is 4.79 Å². The molecule has 46 valence electrons. The summed E-state index contributed by atoms with van der Waals surface area (Å²) in [4.78, 5) is 9.76. The Morgan fingerprint density at radius 2 is 1.62 bits per heavy atom. The maximum atomic E-state index is 9.76. The molecule has 0 rings (SSSR count). The smallest absolute Gasteiger partial charge is 0.338 e. The van der Waals surface area contributed by atoms with Gasteiger partial charge in [-0.15, -0.1) is 0 Å². The van der Waals surface area contributed by atoms with Gasteiger partial charge in [0, 0.05) is 0 Å². The normalized spacial score (nSPS) is 8.12. The molecular weight excluding hydrogens is 112 g/mol. The van der Waals surface area contributed by atoms with E-state index in [1.807, 2.05) is 0 Å². The third kappa shape index (κ3) is 1.51. The summed E-state index contributed by atoms with van der Waals surface area (Å²) in [7, 11) is 0. The summed E-state index contributed by atoms with van der Waals surface area (Å²) in [6.45, 7) is 1.09. The fourth-order valence-electron chi connectivity index (χ4n) is 0.0956. The number of carboxylic acids is 1. The van der Waals surface area contributed by atoms with E-state index in [2.05, 4.69) is 0 Å². The van der Waals surface area contributed by atoms with E-state index >= 15 is 0 Å². The third-order valence-electron chi connectivity index (χ3n) is 0.656. The maximum Gasteiger partial charge on any atom is 0.338 e. The molecule has 0 aliphatic heterocycles. The van der Waals surface area contributed by atoms with E-state index in [0.29, 0.717) is 0 Å². The first kappa shape index (κ1) is 6.81. The first-order valence-corrected chi connectivity index (χ1v) is 1.87. The van der Waals surface area contributed by atoms with Crippen LogP contribution < -0.4 is 0 Å². The summed E-state index contributed by atoms with van der Waals surface area (Å²) in [5, 5.41) is 24.1. The van der Waals surface area contributed by atoms with Crippen molar-refractivity contribution in [3.8, 4) is 0 Å². The molecule has 0 aromatic carbocycles. The average Bonchev–Trinajstić information content (AvgIpc) is 1.64. The van der Waals surface area contributed by atoms with Crippen LogP contribution in [0.25, 0.3) is 0 Å². The number of carboxylic acid groups (broad SMARTS) is 1. The Balaban J connectivity index is 4.23. The van der Waals surface area contributed by atoms with Crippen LogP contribution in [0, 0.1) is 0 Å². The molecule has 3 N–H and O–H groups in total. The second-order valence-corrected chi connectivity index (χ2v) is 1.25. The molecule has 0 aliphatic rings. The van der Waals surface area contributed by atoms with Gasteiger partial charge >= 0.3 is 5.97 Å². The Morgan fingerprint density at radius 1 is 1.25 bits per heavy atom. The van der Waals surface area contributed by atoms with Crippen molar-refractivity contribution in [3.63, 3.8) is 0 Å². The zero-order chi connectivity index (χ0) is 6.73. The third-order valence-corrected chi connectivity index (χ3v) is 0.656. The van der Waals surface area contributed by atoms with Crippen molar-refractivity contribution in [2.75, 3.05) is 0 Å². The van der Waals surface area contributed by atoms with Crippen LogP contribution in [-0.2, 0) is 4.79 Å². The lowest BCUT2D eigenvalue weighted by Crippen LogP contribution is -1.99. The van der Waals surface area contributed by atoms with Crippen molar-refractivity contribution in [1.29, 1.82) is 0 Å². The zero-order valence-electron chi connectivity index (χ0n) is 4.25. The van der Waals surface area contributed by atoms with Crippen LogP contribution in [-0.4, -0.2) is 21.3 Å². The number of aliphatic hydroxyl groups is 2. The predicted molar refractivity (Wildman–Crippen MR) is 25.6 cm³/mol. The molecule has 0 spiro atoms. The van der Waals surface area contributed by atoms with Crippen molar-refractivity contribution in [2.45, 2.75) is 6.92 Å². The van der Waals surface area contributed by atoms with Gasteiger partial charge in [-0.2, -0.15) is 0 Å². The van der Waals surface area contributed by atoms with Crippen LogP contribution in [0.1, 0.15) is 6.92 Å². The van der Waals surface area contributed by atoms with Gasteiger partial charge in [0.15, 0.2) is 0 Å². The van der Waals surface area contributed by atoms with Crippen molar-refractivity contribution >= 4 is 5.97 Å². The number of carbonyl (C=O) groups is 1. The van der Waals surface area contributed by atoms with E-state index < -0.39 is 17.5 Å². The summed E-state index contributed by atoms with van der Waals surface area (Å²) < 4.78 is 0. The number of hydrogen-bond acceptors (Lipinski definition) is 3. The molecule has 0 unspecified atom stereocenters. The van der Waals surface area contributed by atoms with Crippen LogP contribution in [0.3, 0.4) is 0 Å². The average molecular weight is 118 g/mol. The molecule has 0 aromatic rings. The zero-order valence-corrected chi connectivity index (χ0v) is 4.25. The van der Waals surface area contributed by atoms with Gasteiger partial charge in [0.25, 0.3) is 5.95 Å². The maximum absolute atomic E-state index is 9.76. The highest BCUT2D eigenvalue weighted by Gasteiger charge is 2.04. The largest absolute Gasteiger partial charge is 0.481 e. The minimum atomic E-state index is -1.33. The molecule has 0 saturated heterocycles. The Morgan fingerprint density at radius 3 is 1.62 bits per heavy atom. The van der Waals surface area contributed by atoms with Crippen molar-refractivity contribution in [1.82, 2.24) is 0 Å². The lowest BCUT2D eigenvalue weighted by molar-refractivity contribution is -0.133. The fourth-order valence-corrected chi connectivity index (χ4v) is 0.0956. The second-order valence-electron chi connectivity index (χ2n) is 1.25. The Labute approximate surface area is 45.7 Å². The summed E-state index contributed by atoms with van der Waals surface area (Å²) in [6.07, 6.45) is 0. The van der Waals surface area contributed by atoms with Gasteiger partial charge in [0.2, 0.25) is 0 Å². The molecule has 4 nitrogen and oxygen atoms in total. The molecule has 0 amide bonds. The van der Waals surface area contributed by atoms with Gasteiger partial charge in [0.1, 0.15) is 5.57 Å². The van der Waals surface area contributed by atoms with Crippen LogP contribution in [0.15, 0.2) is 11.5 Å². The van der Waals surface area contributed by atoms with Gasteiger partial charge in [-0.1, -0.05) is 0 Å². The Bertz CT molecular complexity index is 131. The van der Waals surface area contributed by atoms with Crippen LogP contribution in [0.5, 0.6) is 0 Å². The van der Waals surface area contributed by atoms with Gasteiger partial charge in [-0.3, -0.25) is 0 Å². The molecule has 0 aliphatic carbocycles. The molecule has 8 heavy (non-hydrogen) atoms. The van der Waals surface area contributed by atoms with E-state index in [1.165, 1.54) is 0 Å². The van der Waals surface area contributed by atoms with Crippen LogP contribution >= 0.6 is 0 Å². The number of aliphatic carboxylic acids is 1. The van der Waals surface area contributed by atoms with Crippen molar-refractivity contribution in [3.05, 3.63) is 11.5 Å². The topological polar surface area (TPSA) is 77.8 Å². The SMILES string of the molecule is CC(C(=O)O)=C(O)O. The molecule has 0 atom stereocenters. The van der Waals surface area contributed by atoms with E-state index in [0.717, 1.165) is 6.92 Å². The predicted octanol–water partition coefficient (Wildman–Crippen LogP) is 0.418. The van der Waals surface area contributed by atoms with Crippen LogP contribution in [0.2, 0.25) is 0 Å². The minimum absolute atomic E-state index is 0.454. The van der Waals surface area contributed by atoms with Gasteiger partial charge in [-0.05, 0) is 6.92 Å². The quantitative estimate of drug-likeness (QED) is 0.344. The van der Waals surface area contributed by atoms with E-state index in [4.69, 9.17) is 15.3 Å². The number of hydrogen-bond donors (Lipinski definition) is 3.